The van der Waals surface area contributed by atoms with Crippen LogP contribution in [0.4, 0.5) is 0 Å². The van der Waals surface area contributed by atoms with Gasteiger partial charge >= 0.3 is 0 Å². The van der Waals surface area contributed by atoms with Gasteiger partial charge in [0, 0.05) is 12.1 Å². The van der Waals surface area contributed by atoms with Gasteiger partial charge in [0.05, 0.1) is 12.6 Å². The molecule has 1 amide bonds. The number of piperidine rings is 1. The van der Waals surface area contributed by atoms with E-state index in [0.717, 1.165) is 36.9 Å². The number of aryl methyl sites for hydroxylation is 1. The molecule has 3 heteroatoms. The second-order valence-electron chi connectivity index (χ2n) is 4.70. The Hall–Kier alpha value is -1.35. The number of nitrogens with zero attached hydrogens (tertiary/aromatic N) is 1. The van der Waals surface area contributed by atoms with Crippen LogP contribution in [0.2, 0.25) is 0 Å². The summed E-state index contributed by atoms with van der Waals surface area (Å²) in [6.07, 6.45) is 3.05. The predicted molar refractivity (Wildman–Crippen MR) is 66.9 cm³/mol. The summed E-state index contributed by atoms with van der Waals surface area (Å²) in [6, 6.07) is 7.62. The molecule has 3 nitrogen and oxygen atoms in total. The van der Waals surface area contributed by atoms with Gasteiger partial charge in [0.25, 0.3) is 5.91 Å². The van der Waals surface area contributed by atoms with E-state index in [0.29, 0.717) is 0 Å². The van der Waals surface area contributed by atoms with Gasteiger partial charge in [-0.05, 0) is 38.3 Å². The molecule has 1 N–H and O–H groups in total. The summed E-state index contributed by atoms with van der Waals surface area (Å²) in [5.74, 6) is 0.0451. The Labute approximate surface area is 102 Å². The fraction of sp³-hybridized carbons (Fsp3) is 0.500. The summed E-state index contributed by atoms with van der Waals surface area (Å²) in [4.78, 5) is 14.1. The number of hydrogen-bond acceptors (Lipinski definition) is 2. The predicted octanol–water partition coefficient (Wildman–Crippen LogP) is 1.98. The zero-order valence-corrected chi connectivity index (χ0v) is 10.2. The first-order chi connectivity index (χ1) is 8.22. The van der Waals surface area contributed by atoms with E-state index < -0.39 is 0 Å². The van der Waals surface area contributed by atoms with E-state index >= 15 is 0 Å². The summed E-state index contributed by atoms with van der Waals surface area (Å²) in [6.45, 7) is 2.83. The van der Waals surface area contributed by atoms with Gasteiger partial charge in [-0.1, -0.05) is 17.7 Å². The Kier molecular flexibility index (Phi) is 3.79. The Morgan fingerprint density at radius 2 is 2.06 bits per heavy atom. The average Bonchev–Trinajstić information content (AvgIpc) is 2.39. The van der Waals surface area contributed by atoms with Crippen molar-refractivity contribution < 1.29 is 9.90 Å². The van der Waals surface area contributed by atoms with E-state index in [1.165, 1.54) is 0 Å². The van der Waals surface area contributed by atoms with E-state index in [4.69, 9.17) is 0 Å². The molecule has 17 heavy (non-hydrogen) atoms. The minimum atomic E-state index is -0.00227. The highest BCUT2D eigenvalue weighted by Crippen LogP contribution is 2.19. The molecule has 2 rings (SSSR count). The van der Waals surface area contributed by atoms with Crippen LogP contribution >= 0.6 is 0 Å². The maximum absolute atomic E-state index is 12.3. The fourth-order valence-electron chi connectivity index (χ4n) is 2.32. The first-order valence-corrected chi connectivity index (χ1v) is 6.21. The molecule has 1 saturated heterocycles. The highest BCUT2D eigenvalue weighted by Gasteiger charge is 2.26. The van der Waals surface area contributed by atoms with Crippen molar-refractivity contribution in [2.45, 2.75) is 32.2 Å². The highest BCUT2D eigenvalue weighted by molar-refractivity contribution is 5.94. The number of likely N-dealkylation sites (tertiary alicyclic amines) is 1. The van der Waals surface area contributed by atoms with Gasteiger partial charge in [-0.2, -0.15) is 0 Å². The summed E-state index contributed by atoms with van der Waals surface area (Å²) >= 11 is 0. The van der Waals surface area contributed by atoms with Crippen LogP contribution in [-0.2, 0) is 0 Å². The molecular formula is C14H19NO2. The van der Waals surface area contributed by atoms with Gasteiger partial charge in [0.15, 0.2) is 0 Å². The molecule has 1 fully saturated rings. The van der Waals surface area contributed by atoms with E-state index in [-0.39, 0.29) is 18.6 Å². The molecule has 92 valence electrons. The van der Waals surface area contributed by atoms with Crippen LogP contribution in [0.15, 0.2) is 24.3 Å². The molecule has 0 unspecified atom stereocenters. The zero-order valence-electron chi connectivity index (χ0n) is 10.2. The first kappa shape index (κ1) is 12.1. The van der Waals surface area contributed by atoms with Crippen molar-refractivity contribution in [3.8, 4) is 0 Å². The molecule has 1 heterocycles. The van der Waals surface area contributed by atoms with Crippen LogP contribution in [0.5, 0.6) is 0 Å². The molecule has 1 aliphatic heterocycles. The SMILES string of the molecule is Cc1ccc(C(=O)N2CCCC[C@@H]2CO)cc1. The Morgan fingerprint density at radius 3 is 2.71 bits per heavy atom. The third-order valence-corrected chi connectivity index (χ3v) is 3.40. The van der Waals surface area contributed by atoms with Crippen molar-refractivity contribution in [2.75, 3.05) is 13.2 Å². The topological polar surface area (TPSA) is 40.5 Å². The second kappa shape index (κ2) is 5.32. The number of aliphatic hydroxyl groups is 1. The smallest absolute Gasteiger partial charge is 0.254 e. The van der Waals surface area contributed by atoms with E-state index in [9.17, 15) is 9.90 Å². The Bertz CT molecular complexity index is 386. The van der Waals surface area contributed by atoms with Crippen LogP contribution in [-0.4, -0.2) is 35.1 Å². The molecule has 1 aromatic carbocycles. The monoisotopic (exact) mass is 233 g/mol. The normalized spacial score (nSPS) is 20.4. The van der Waals surface area contributed by atoms with Gasteiger partial charge in [0.1, 0.15) is 0 Å². The fourth-order valence-corrected chi connectivity index (χ4v) is 2.32. The van der Waals surface area contributed by atoms with Crippen LogP contribution < -0.4 is 0 Å². The largest absolute Gasteiger partial charge is 0.394 e. The van der Waals surface area contributed by atoms with Crippen molar-refractivity contribution in [2.24, 2.45) is 0 Å². The van der Waals surface area contributed by atoms with Gasteiger partial charge in [0.2, 0.25) is 0 Å². The number of benzene rings is 1. The van der Waals surface area contributed by atoms with Crippen molar-refractivity contribution in [1.82, 2.24) is 4.90 Å². The molecule has 0 bridgehead atoms. The molecule has 0 spiro atoms. The number of carbonyl (C=O) groups is 1. The van der Waals surface area contributed by atoms with Crippen LogP contribution in [0.1, 0.15) is 35.2 Å². The van der Waals surface area contributed by atoms with Crippen molar-refractivity contribution in [3.05, 3.63) is 35.4 Å². The quantitative estimate of drug-likeness (QED) is 0.848. The van der Waals surface area contributed by atoms with Crippen molar-refractivity contribution in [3.63, 3.8) is 0 Å². The van der Waals surface area contributed by atoms with Gasteiger partial charge < -0.3 is 10.0 Å². The third-order valence-electron chi connectivity index (χ3n) is 3.40. The number of rotatable bonds is 2. The van der Waals surface area contributed by atoms with Crippen LogP contribution in [0.25, 0.3) is 0 Å². The lowest BCUT2D eigenvalue weighted by atomic mass is 10.0. The molecular weight excluding hydrogens is 214 g/mol. The standard InChI is InChI=1S/C14H19NO2/c1-11-5-7-12(8-6-11)14(17)15-9-3-2-4-13(15)10-16/h5-8,13,16H,2-4,9-10H2,1H3/t13-/m1/s1. The molecule has 0 aromatic heterocycles. The first-order valence-electron chi connectivity index (χ1n) is 6.21. The highest BCUT2D eigenvalue weighted by atomic mass is 16.3. The maximum atomic E-state index is 12.3. The Balaban J connectivity index is 2.15. The van der Waals surface area contributed by atoms with E-state index in [2.05, 4.69) is 0 Å². The molecule has 0 saturated carbocycles. The van der Waals surface area contributed by atoms with Crippen molar-refractivity contribution in [1.29, 1.82) is 0 Å². The lowest BCUT2D eigenvalue weighted by Gasteiger charge is -2.34. The minimum Gasteiger partial charge on any atom is -0.394 e. The molecule has 1 aromatic rings. The van der Waals surface area contributed by atoms with Gasteiger partial charge in [-0.3, -0.25) is 4.79 Å². The Morgan fingerprint density at radius 1 is 1.35 bits per heavy atom. The maximum Gasteiger partial charge on any atom is 0.254 e. The minimum absolute atomic E-state index is 0.00227. The van der Waals surface area contributed by atoms with Crippen molar-refractivity contribution >= 4 is 5.91 Å². The summed E-state index contributed by atoms with van der Waals surface area (Å²) in [5, 5.41) is 9.31. The third kappa shape index (κ3) is 2.67. The van der Waals surface area contributed by atoms with Crippen LogP contribution in [0, 0.1) is 6.92 Å². The summed E-state index contributed by atoms with van der Waals surface area (Å²) in [5.41, 5.74) is 1.87. The second-order valence-corrected chi connectivity index (χ2v) is 4.70. The average molecular weight is 233 g/mol. The lowest BCUT2D eigenvalue weighted by Crippen LogP contribution is -2.45. The van der Waals surface area contributed by atoms with Crippen LogP contribution in [0.3, 0.4) is 0 Å². The number of aliphatic hydroxyl groups excluding tert-OH is 1. The number of carbonyl (C=O) groups excluding carboxylic acids is 1. The van der Waals surface area contributed by atoms with E-state index in [1.54, 1.807) is 0 Å². The van der Waals surface area contributed by atoms with Gasteiger partial charge in [-0.25, -0.2) is 0 Å². The molecule has 1 aliphatic rings. The summed E-state index contributed by atoms with van der Waals surface area (Å²) < 4.78 is 0. The lowest BCUT2D eigenvalue weighted by molar-refractivity contribution is 0.0503. The van der Waals surface area contributed by atoms with Gasteiger partial charge in [-0.15, -0.1) is 0 Å². The number of amides is 1. The molecule has 0 aliphatic carbocycles. The molecule has 1 atom stereocenters. The summed E-state index contributed by atoms with van der Waals surface area (Å²) in [7, 11) is 0. The zero-order chi connectivity index (χ0) is 12.3. The number of hydrogen-bond donors (Lipinski definition) is 1. The van der Waals surface area contributed by atoms with E-state index in [1.807, 2.05) is 36.1 Å². The molecule has 0 radical (unpaired) electrons.